The number of amides is 2. The highest BCUT2D eigenvalue weighted by molar-refractivity contribution is 7.89. The minimum Gasteiger partial charge on any atom is -0.379 e. The summed E-state index contributed by atoms with van der Waals surface area (Å²) >= 11 is 0. The number of rotatable bonds is 4. The Morgan fingerprint density at radius 3 is 2.40 bits per heavy atom. The molecule has 3 heterocycles. The van der Waals surface area contributed by atoms with Crippen LogP contribution in [-0.2, 0) is 29.8 Å². The van der Waals surface area contributed by atoms with Gasteiger partial charge in [0.25, 0.3) is 0 Å². The van der Waals surface area contributed by atoms with E-state index < -0.39 is 15.4 Å². The molecule has 9 heteroatoms. The summed E-state index contributed by atoms with van der Waals surface area (Å²) in [5.41, 5.74) is 0.373. The molecule has 0 aromatic heterocycles. The van der Waals surface area contributed by atoms with Crippen LogP contribution in [0.3, 0.4) is 0 Å². The molecule has 4 rings (SSSR count). The summed E-state index contributed by atoms with van der Waals surface area (Å²) in [5.74, 6) is -0.236. The van der Waals surface area contributed by atoms with Crippen LogP contribution in [0.25, 0.3) is 0 Å². The first-order valence-corrected chi connectivity index (χ1v) is 12.0. The average Bonchev–Trinajstić information content (AvgIpc) is 2.95. The van der Waals surface area contributed by atoms with Gasteiger partial charge in [-0.05, 0) is 56.9 Å². The van der Waals surface area contributed by atoms with Crippen molar-refractivity contribution >= 4 is 27.5 Å². The number of carbonyl (C=O) groups excluding carboxylic acids is 2. The number of benzene rings is 1. The van der Waals surface area contributed by atoms with Crippen molar-refractivity contribution in [3.8, 4) is 0 Å². The highest BCUT2D eigenvalue weighted by atomic mass is 32.2. The van der Waals surface area contributed by atoms with Crippen LogP contribution in [0.5, 0.6) is 0 Å². The molecule has 1 aromatic carbocycles. The SMILES string of the molecule is CC1(C)C(=O)N(CC(=O)N2CCCCC2)c2ccc(S(=O)(=O)N3CCOCC3)cc21. The third-order valence-electron chi connectivity index (χ3n) is 6.32. The van der Waals surface area contributed by atoms with E-state index in [1.54, 1.807) is 26.0 Å². The zero-order valence-corrected chi connectivity index (χ0v) is 18.4. The Kier molecular flexibility index (Phi) is 5.63. The highest BCUT2D eigenvalue weighted by Gasteiger charge is 2.45. The second kappa shape index (κ2) is 7.94. The normalized spacial score (nSPS) is 22.3. The lowest BCUT2D eigenvalue weighted by molar-refractivity contribution is -0.132. The van der Waals surface area contributed by atoms with Gasteiger partial charge in [-0.25, -0.2) is 8.42 Å². The molecule has 1 aromatic rings. The maximum Gasteiger partial charge on any atom is 0.243 e. The summed E-state index contributed by atoms with van der Waals surface area (Å²) in [6, 6.07) is 4.80. The third kappa shape index (κ3) is 3.63. The number of nitrogens with zero attached hydrogens (tertiary/aromatic N) is 3. The van der Waals surface area contributed by atoms with Gasteiger partial charge in [0.15, 0.2) is 0 Å². The molecular weight excluding hydrogens is 406 g/mol. The Morgan fingerprint density at radius 1 is 1.07 bits per heavy atom. The summed E-state index contributed by atoms with van der Waals surface area (Å²) < 4.78 is 32.8. The first-order chi connectivity index (χ1) is 14.2. The van der Waals surface area contributed by atoms with Crippen LogP contribution in [0.2, 0.25) is 0 Å². The van der Waals surface area contributed by atoms with Crippen molar-refractivity contribution in [3.05, 3.63) is 23.8 Å². The maximum atomic E-state index is 13.1. The number of ether oxygens (including phenoxy) is 1. The predicted molar refractivity (Wildman–Crippen MR) is 112 cm³/mol. The number of morpholine rings is 1. The first-order valence-electron chi connectivity index (χ1n) is 10.5. The lowest BCUT2D eigenvalue weighted by Crippen LogP contribution is -2.45. The van der Waals surface area contributed by atoms with Crippen molar-refractivity contribution in [2.75, 3.05) is 50.8 Å². The van der Waals surface area contributed by atoms with E-state index in [4.69, 9.17) is 4.74 Å². The summed E-state index contributed by atoms with van der Waals surface area (Å²) in [5, 5.41) is 0. The lowest BCUT2D eigenvalue weighted by Gasteiger charge is -2.29. The first kappa shape index (κ1) is 21.3. The molecule has 0 unspecified atom stereocenters. The van der Waals surface area contributed by atoms with Crippen molar-refractivity contribution in [2.24, 2.45) is 0 Å². The Morgan fingerprint density at radius 2 is 1.73 bits per heavy atom. The third-order valence-corrected chi connectivity index (χ3v) is 8.22. The van der Waals surface area contributed by atoms with Crippen molar-refractivity contribution in [2.45, 2.75) is 43.4 Å². The van der Waals surface area contributed by atoms with E-state index in [1.807, 2.05) is 4.90 Å². The number of fused-ring (bicyclic) bond motifs is 1. The topological polar surface area (TPSA) is 87.2 Å². The molecule has 2 fully saturated rings. The molecule has 0 N–H and O–H groups in total. The van der Waals surface area contributed by atoms with Gasteiger partial charge in [0.2, 0.25) is 21.8 Å². The fourth-order valence-electron chi connectivity index (χ4n) is 4.45. The molecule has 0 radical (unpaired) electrons. The Hall–Kier alpha value is -1.97. The van der Waals surface area contributed by atoms with Crippen LogP contribution in [0.4, 0.5) is 5.69 Å². The summed E-state index contributed by atoms with van der Waals surface area (Å²) in [6.45, 7) is 6.40. The number of sulfonamides is 1. The molecule has 3 aliphatic heterocycles. The predicted octanol–water partition coefficient (Wildman–Crippen LogP) is 1.34. The van der Waals surface area contributed by atoms with Crippen molar-refractivity contribution in [3.63, 3.8) is 0 Å². The van der Waals surface area contributed by atoms with Crippen molar-refractivity contribution in [1.82, 2.24) is 9.21 Å². The van der Waals surface area contributed by atoms with Crippen LogP contribution in [0.15, 0.2) is 23.1 Å². The lowest BCUT2D eigenvalue weighted by atomic mass is 9.86. The largest absolute Gasteiger partial charge is 0.379 e. The minimum absolute atomic E-state index is 0.00910. The van der Waals surface area contributed by atoms with Crippen molar-refractivity contribution in [1.29, 1.82) is 0 Å². The fourth-order valence-corrected chi connectivity index (χ4v) is 5.88. The molecule has 8 nitrogen and oxygen atoms in total. The molecule has 30 heavy (non-hydrogen) atoms. The number of likely N-dealkylation sites (tertiary alicyclic amines) is 1. The van der Waals surface area contributed by atoms with Gasteiger partial charge < -0.3 is 14.5 Å². The number of hydrogen-bond acceptors (Lipinski definition) is 5. The molecule has 0 spiro atoms. The molecule has 0 saturated carbocycles. The second-order valence-corrected chi connectivity index (χ2v) is 10.6. The van der Waals surface area contributed by atoms with Crippen LogP contribution in [-0.4, -0.2) is 75.4 Å². The van der Waals surface area contributed by atoms with Crippen LogP contribution < -0.4 is 4.90 Å². The molecule has 164 valence electrons. The van der Waals surface area contributed by atoms with E-state index in [0.29, 0.717) is 37.6 Å². The number of piperidine rings is 1. The van der Waals surface area contributed by atoms with Gasteiger partial charge in [0.05, 0.1) is 23.5 Å². The quantitative estimate of drug-likeness (QED) is 0.712. The average molecular weight is 436 g/mol. The minimum atomic E-state index is -3.66. The summed E-state index contributed by atoms with van der Waals surface area (Å²) in [4.78, 5) is 29.4. The van der Waals surface area contributed by atoms with Gasteiger partial charge >= 0.3 is 0 Å². The van der Waals surface area contributed by atoms with Gasteiger partial charge in [-0.3, -0.25) is 9.59 Å². The molecule has 2 saturated heterocycles. The van der Waals surface area contributed by atoms with Crippen LogP contribution >= 0.6 is 0 Å². The van der Waals surface area contributed by atoms with Gasteiger partial charge in [-0.15, -0.1) is 0 Å². The molecule has 2 amide bonds. The van der Waals surface area contributed by atoms with Gasteiger partial charge in [-0.1, -0.05) is 0 Å². The maximum absolute atomic E-state index is 13.1. The van der Waals surface area contributed by atoms with Gasteiger partial charge in [0, 0.05) is 31.9 Å². The molecule has 0 bridgehead atoms. The smallest absolute Gasteiger partial charge is 0.243 e. The van der Waals surface area contributed by atoms with Crippen LogP contribution in [0, 0.1) is 0 Å². The van der Waals surface area contributed by atoms with E-state index in [9.17, 15) is 18.0 Å². The highest BCUT2D eigenvalue weighted by Crippen LogP contribution is 2.42. The zero-order valence-electron chi connectivity index (χ0n) is 17.6. The second-order valence-electron chi connectivity index (χ2n) is 8.65. The monoisotopic (exact) mass is 435 g/mol. The molecular formula is C21H29N3O5S. The van der Waals surface area contributed by atoms with E-state index in [1.165, 1.54) is 15.3 Å². The van der Waals surface area contributed by atoms with Gasteiger partial charge in [-0.2, -0.15) is 4.31 Å². The fraction of sp³-hybridized carbons (Fsp3) is 0.619. The Bertz CT molecular complexity index is 947. The van der Waals surface area contributed by atoms with Crippen molar-refractivity contribution < 1.29 is 22.7 Å². The standard InChI is InChI=1S/C21H29N3O5S/c1-21(2)17-14-16(30(27,28)23-10-12-29-13-11-23)6-7-18(17)24(20(21)26)15-19(25)22-8-4-3-5-9-22/h6-7,14H,3-5,8-13,15H2,1-2H3. The number of hydrogen-bond donors (Lipinski definition) is 0. The van der Waals surface area contributed by atoms with E-state index in [0.717, 1.165) is 32.4 Å². The van der Waals surface area contributed by atoms with E-state index in [-0.39, 0.29) is 23.3 Å². The number of carbonyl (C=O) groups is 2. The summed E-state index contributed by atoms with van der Waals surface area (Å²) in [6.07, 6.45) is 3.11. The summed E-state index contributed by atoms with van der Waals surface area (Å²) in [7, 11) is -3.66. The van der Waals surface area contributed by atoms with E-state index >= 15 is 0 Å². The van der Waals surface area contributed by atoms with Crippen LogP contribution in [0.1, 0.15) is 38.7 Å². The molecule has 3 aliphatic rings. The van der Waals surface area contributed by atoms with E-state index in [2.05, 4.69) is 0 Å². The number of anilines is 1. The Balaban J connectivity index is 1.63. The Labute approximate surface area is 177 Å². The van der Waals surface area contributed by atoms with Gasteiger partial charge in [0.1, 0.15) is 6.54 Å². The zero-order chi connectivity index (χ0) is 21.5. The molecule has 0 aliphatic carbocycles. The molecule has 0 atom stereocenters.